The lowest BCUT2D eigenvalue weighted by Crippen LogP contribution is -2.50. The van der Waals surface area contributed by atoms with E-state index >= 15 is 0 Å². The Balaban J connectivity index is 3.46. The topological polar surface area (TPSA) is 89.8 Å². The van der Waals surface area contributed by atoms with Gasteiger partial charge in [0.15, 0.2) is 0 Å². The van der Waals surface area contributed by atoms with Crippen molar-refractivity contribution in [3.8, 4) is 0 Å². The minimum atomic E-state index is -1.13. The molecule has 0 rings (SSSR count). The van der Waals surface area contributed by atoms with E-state index in [4.69, 9.17) is 0 Å². The van der Waals surface area contributed by atoms with Crippen molar-refractivity contribution in [3.05, 3.63) is 24.3 Å². The normalized spacial score (nSPS) is 13.4. The van der Waals surface area contributed by atoms with E-state index < -0.39 is 18.2 Å². The molecular weight excluding hydrogens is 763 g/mol. The van der Waals surface area contributed by atoms with Gasteiger partial charge in [-0.25, -0.2) is 0 Å². The number of amides is 1. The Morgan fingerprint density at radius 1 is 0.403 bits per heavy atom. The lowest BCUT2D eigenvalue weighted by atomic mass is 9.99. The maximum Gasteiger partial charge on any atom is 0.220 e. The van der Waals surface area contributed by atoms with Crippen LogP contribution in [0.2, 0.25) is 0 Å². The Bertz CT molecular complexity index is 920. The van der Waals surface area contributed by atoms with Gasteiger partial charge in [-0.3, -0.25) is 4.79 Å². The fraction of sp³-hybridized carbons (Fsp3) is 0.912. The molecule has 62 heavy (non-hydrogen) atoms. The zero-order valence-corrected chi connectivity index (χ0v) is 42.0. The molecule has 3 atom stereocenters. The fourth-order valence-electron chi connectivity index (χ4n) is 8.96. The van der Waals surface area contributed by atoms with Crippen molar-refractivity contribution in [1.29, 1.82) is 0 Å². The fourth-order valence-corrected chi connectivity index (χ4v) is 8.96. The average Bonchev–Trinajstić information content (AvgIpc) is 3.28. The number of hydrogen-bond donors (Lipinski definition) is 4. The van der Waals surface area contributed by atoms with E-state index in [2.05, 4.69) is 43.5 Å². The van der Waals surface area contributed by atoms with E-state index in [9.17, 15) is 20.1 Å². The SMILES string of the molecule is CCCCCCCCCCCCC/C=C\C/C=C\CCCCCCCCCCCCCCCCCCCC(=O)NC(CO)C(O)C(O)CCCCCCCCCCCCCCC. The van der Waals surface area contributed by atoms with Gasteiger partial charge in [0.25, 0.3) is 0 Å². The maximum atomic E-state index is 12.5. The first-order chi connectivity index (χ1) is 30.6. The van der Waals surface area contributed by atoms with Crippen LogP contribution in [0, 0.1) is 0 Å². The Hall–Kier alpha value is -1.17. The van der Waals surface area contributed by atoms with Crippen LogP contribution in [0.15, 0.2) is 24.3 Å². The van der Waals surface area contributed by atoms with Crippen LogP contribution in [0.1, 0.15) is 309 Å². The van der Waals surface area contributed by atoms with Gasteiger partial charge in [0.2, 0.25) is 5.91 Å². The first kappa shape index (κ1) is 60.8. The predicted octanol–water partition coefficient (Wildman–Crippen LogP) is 17.3. The predicted molar refractivity (Wildman–Crippen MR) is 273 cm³/mol. The van der Waals surface area contributed by atoms with Gasteiger partial charge >= 0.3 is 0 Å². The van der Waals surface area contributed by atoms with Gasteiger partial charge in [-0.15, -0.1) is 0 Å². The number of nitrogens with one attached hydrogen (secondary N) is 1. The molecule has 0 saturated heterocycles. The van der Waals surface area contributed by atoms with Gasteiger partial charge in [0.1, 0.15) is 6.10 Å². The van der Waals surface area contributed by atoms with Crippen molar-refractivity contribution in [2.24, 2.45) is 0 Å². The summed E-state index contributed by atoms with van der Waals surface area (Å²) in [5.74, 6) is -0.141. The summed E-state index contributed by atoms with van der Waals surface area (Å²) in [6.45, 7) is 4.20. The smallest absolute Gasteiger partial charge is 0.220 e. The van der Waals surface area contributed by atoms with Crippen molar-refractivity contribution in [2.45, 2.75) is 327 Å². The number of unbranched alkanes of at least 4 members (excludes halogenated alkanes) is 40. The zero-order chi connectivity index (χ0) is 45.1. The van der Waals surface area contributed by atoms with Gasteiger partial charge < -0.3 is 20.6 Å². The quantitative estimate of drug-likeness (QED) is 0.0362. The number of allylic oxidation sites excluding steroid dienone is 4. The second kappa shape index (κ2) is 52.5. The minimum absolute atomic E-state index is 0.141. The third-order valence-corrected chi connectivity index (χ3v) is 13.3. The number of carbonyl (C=O) groups is 1. The first-order valence-electron chi connectivity index (χ1n) is 28.1. The molecule has 5 nitrogen and oxygen atoms in total. The van der Waals surface area contributed by atoms with E-state index in [1.165, 1.54) is 238 Å². The molecule has 0 aromatic rings. The van der Waals surface area contributed by atoms with E-state index in [1.54, 1.807) is 0 Å². The molecule has 0 aromatic carbocycles. The van der Waals surface area contributed by atoms with Crippen LogP contribution in [0.25, 0.3) is 0 Å². The third kappa shape index (κ3) is 46.8. The monoisotopic (exact) mass is 874 g/mol. The highest BCUT2D eigenvalue weighted by Crippen LogP contribution is 2.18. The average molecular weight is 875 g/mol. The standard InChI is InChI=1S/C57H111NO4/c1-3-5-7-9-11-13-15-17-18-19-20-21-22-23-24-25-26-27-28-29-30-31-32-33-34-35-36-37-38-40-42-44-46-48-50-52-56(61)58-54(53-59)57(62)55(60)51-49-47-45-43-41-39-16-14-12-10-8-6-4-2/h22-23,25-26,54-55,57,59-60,62H,3-21,24,27-53H2,1-2H3,(H,58,61)/b23-22-,26-25-. The molecule has 0 saturated carbocycles. The molecular formula is C57H111NO4. The molecule has 0 heterocycles. The second-order valence-corrected chi connectivity index (χ2v) is 19.5. The molecule has 0 aliphatic rings. The molecule has 0 fully saturated rings. The van der Waals surface area contributed by atoms with E-state index in [1.807, 2.05) is 0 Å². The highest BCUT2D eigenvalue weighted by atomic mass is 16.3. The summed E-state index contributed by atoms with van der Waals surface area (Å²) in [6.07, 6.45) is 66.3. The van der Waals surface area contributed by atoms with E-state index in [-0.39, 0.29) is 12.5 Å². The molecule has 0 aromatic heterocycles. The number of rotatable bonds is 52. The summed E-state index contributed by atoms with van der Waals surface area (Å²) >= 11 is 0. The van der Waals surface area contributed by atoms with Crippen LogP contribution >= 0.6 is 0 Å². The van der Waals surface area contributed by atoms with Crippen LogP contribution < -0.4 is 5.32 Å². The number of hydrogen-bond acceptors (Lipinski definition) is 4. The van der Waals surface area contributed by atoms with Crippen LogP contribution in [0.4, 0.5) is 0 Å². The molecule has 0 radical (unpaired) electrons. The molecule has 1 amide bonds. The summed E-state index contributed by atoms with van der Waals surface area (Å²) in [5, 5.41) is 33.6. The summed E-state index contributed by atoms with van der Waals surface area (Å²) in [6, 6.07) is -0.806. The van der Waals surface area contributed by atoms with Crippen molar-refractivity contribution >= 4 is 5.91 Å². The number of carbonyl (C=O) groups excluding carboxylic acids is 1. The molecule has 4 N–H and O–H groups in total. The highest BCUT2D eigenvalue weighted by molar-refractivity contribution is 5.76. The third-order valence-electron chi connectivity index (χ3n) is 13.3. The molecule has 0 aliphatic carbocycles. The summed E-state index contributed by atoms with van der Waals surface area (Å²) in [4.78, 5) is 12.5. The van der Waals surface area contributed by atoms with Gasteiger partial charge in [0, 0.05) is 6.42 Å². The van der Waals surface area contributed by atoms with Crippen molar-refractivity contribution in [1.82, 2.24) is 5.32 Å². The van der Waals surface area contributed by atoms with Gasteiger partial charge in [0.05, 0.1) is 18.8 Å². The summed E-state index contributed by atoms with van der Waals surface area (Å²) < 4.78 is 0. The summed E-state index contributed by atoms with van der Waals surface area (Å²) in [7, 11) is 0. The van der Waals surface area contributed by atoms with Crippen LogP contribution in [0.3, 0.4) is 0 Å². The summed E-state index contributed by atoms with van der Waals surface area (Å²) in [5.41, 5.74) is 0. The van der Waals surface area contributed by atoms with Crippen molar-refractivity contribution in [2.75, 3.05) is 6.61 Å². The molecule has 0 spiro atoms. The number of aliphatic hydroxyl groups is 3. The Morgan fingerprint density at radius 2 is 0.694 bits per heavy atom. The zero-order valence-electron chi connectivity index (χ0n) is 42.0. The van der Waals surface area contributed by atoms with Crippen molar-refractivity contribution in [3.63, 3.8) is 0 Å². The lowest BCUT2D eigenvalue weighted by molar-refractivity contribution is -0.124. The number of aliphatic hydroxyl groups excluding tert-OH is 3. The minimum Gasteiger partial charge on any atom is -0.394 e. The molecule has 5 heteroatoms. The lowest BCUT2D eigenvalue weighted by Gasteiger charge is -2.26. The maximum absolute atomic E-state index is 12.5. The van der Waals surface area contributed by atoms with Crippen LogP contribution in [-0.2, 0) is 4.79 Å². The molecule has 368 valence electrons. The Morgan fingerprint density at radius 3 is 1.02 bits per heavy atom. The van der Waals surface area contributed by atoms with E-state index in [0.717, 1.165) is 44.9 Å². The van der Waals surface area contributed by atoms with Crippen LogP contribution in [0.5, 0.6) is 0 Å². The molecule has 0 bridgehead atoms. The molecule has 3 unspecified atom stereocenters. The highest BCUT2D eigenvalue weighted by Gasteiger charge is 2.26. The Labute approximate surface area is 388 Å². The van der Waals surface area contributed by atoms with Crippen LogP contribution in [-0.4, -0.2) is 46.1 Å². The van der Waals surface area contributed by atoms with Gasteiger partial charge in [-0.1, -0.05) is 282 Å². The van der Waals surface area contributed by atoms with Gasteiger partial charge in [-0.05, 0) is 44.9 Å². The second-order valence-electron chi connectivity index (χ2n) is 19.5. The van der Waals surface area contributed by atoms with Crippen molar-refractivity contribution < 1.29 is 20.1 Å². The molecule has 0 aliphatic heterocycles. The van der Waals surface area contributed by atoms with E-state index in [0.29, 0.717) is 12.8 Å². The largest absolute Gasteiger partial charge is 0.394 e. The first-order valence-corrected chi connectivity index (χ1v) is 28.1. The van der Waals surface area contributed by atoms with Gasteiger partial charge in [-0.2, -0.15) is 0 Å². The Kier molecular flexibility index (Phi) is 51.5.